The Balaban J connectivity index is 1.53. The fourth-order valence-electron chi connectivity index (χ4n) is 4.53. The van der Waals surface area contributed by atoms with Crippen LogP contribution in [0.4, 0.5) is 0 Å². The number of nitrogens with zero attached hydrogens (tertiary/aromatic N) is 4. The number of carbonyl (C=O) groups excluding carboxylic acids is 2. The Kier molecular flexibility index (Phi) is 6.25. The molecule has 1 aromatic carbocycles. The Bertz CT molecular complexity index is 1260. The van der Waals surface area contributed by atoms with Gasteiger partial charge in [-0.3, -0.25) is 19.0 Å². The summed E-state index contributed by atoms with van der Waals surface area (Å²) in [5, 5.41) is 1.25. The summed E-state index contributed by atoms with van der Waals surface area (Å²) in [6.07, 6.45) is 2.77. The van der Waals surface area contributed by atoms with E-state index in [2.05, 4.69) is 0 Å². The van der Waals surface area contributed by atoms with Crippen molar-refractivity contribution in [2.75, 3.05) is 25.4 Å². The van der Waals surface area contributed by atoms with Gasteiger partial charge in [0, 0.05) is 31.4 Å². The molecule has 0 aliphatic carbocycles. The molecule has 2 amide bonds. The third kappa shape index (κ3) is 4.44. The Morgan fingerprint density at radius 3 is 2.58 bits per heavy atom. The van der Waals surface area contributed by atoms with Crippen molar-refractivity contribution in [3.8, 4) is 0 Å². The van der Waals surface area contributed by atoms with Crippen molar-refractivity contribution in [1.82, 2.24) is 19.4 Å². The van der Waals surface area contributed by atoms with Crippen LogP contribution in [0.5, 0.6) is 0 Å². The lowest BCUT2D eigenvalue weighted by atomic mass is 10.1. The summed E-state index contributed by atoms with van der Waals surface area (Å²) in [6.45, 7) is 4.76. The van der Waals surface area contributed by atoms with E-state index in [4.69, 9.17) is 4.98 Å². The Labute approximate surface area is 200 Å². The summed E-state index contributed by atoms with van der Waals surface area (Å²) in [6, 6.07) is 9.86. The van der Waals surface area contributed by atoms with Crippen LogP contribution in [0.1, 0.15) is 35.8 Å². The van der Waals surface area contributed by atoms with Crippen molar-refractivity contribution in [3.63, 3.8) is 0 Å². The maximum absolute atomic E-state index is 13.7. The van der Waals surface area contributed by atoms with Crippen LogP contribution in [0.2, 0.25) is 0 Å². The summed E-state index contributed by atoms with van der Waals surface area (Å²) >= 11 is 2.84. The minimum atomic E-state index is -0.0613. The molecule has 0 bridgehead atoms. The molecule has 1 saturated heterocycles. The molecule has 5 rings (SSSR count). The number of benzene rings is 1. The highest BCUT2D eigenvalue weighted by Crippen LogP contribution is 2.34. The Morgan fingerprint density at radius 2 is 1.85 bits per heavy atom. The zero-order chi connectivity index (χ0) is 22.9. The second kappa shape index (κ2) is 9.30. The number of thioether (sulfide) groups is 1. The van der Waals surface area contributed by atoms with E-state index in [1.54, 1.807) is 11.5 Å². The van der Waals surface area contributed by atoms with Gasteiger partial charge < -0.3 is 9.80 Å². The second-order valence-electron chi connectivity index (χ2n) is 8.52. The lowest BCUT2D eigenvalue weighted by molar-refractivity contribution is -0.129. The van der Waals surface area contributed by atoms with Gasteiger partial charge in [0.25, 0.3) is 5.56 Å². The van der Waals surface area contributed by atoms with Crippen molar-refractivity contribution in [3.05, 3.63) is 56.7 Å². The second-order valence-corrected chi connectivity index (χ2v) is 10.5. The van der Waals surface area contributed by atoms with Crippen LogP contribution in [0, 0.1) is 0 Å². The number of hydrogen-bond acceptors (Lipinski definition) is 6. The first-order chi connectivity index (χ1) is 16.0. The van der Waals surface area contributed by atoms with Crippen molar-refractivity contribution in [2.24, 2.45) is 0 Å². The molecule has 0 radical (unpaired) electrons. The average Bonchev–Trinajstić information content (AvgIpc) is 3.48. The summed E-state index contributed by atoms with van der Waals surface area (Å²) in [5.74, 6) is 0.417. The number of rotatable bonds is 5. The summed E-state index contributed by atoms with van der Waals surface area (Å²) < 4.78 is 1.71. The average molecular weight is 483 g/mol. The molecular weight excluding hydrogens is 456 g/mol. The van der Waals surface area contributed by atoms with E-state index in [0.717, 1.165) is 41.9 Å². The van der Waals surface area contributed by atoms with Gasteiger partial charge in [-0.05, 0) is 30.4 Å². The van der Waals surface area contributed by atoms with Gasteiger partial charge in [-0.25, -0.2) is 4.98 Å². The third-order valence-electron chi connectivity index (χ3n) is 6.34. The van der Waals surface area contributed by atoms with E-state index in [1.165, 1.54) is 23.1 Å². The first-order valence-corrected chi connectivity index (χ1v) is 13.1. The third-order valence-corrected chi connectivity index (χ3v) is 8.41. The molecule has 7 nitrogen and oxygen atoms in total. The van der Waals surface area contributed by atoms with E-state index in [1.807, 2.05) is 40.1 Å². The molecule has 0 N–H and O–H groups in total. The van der Waals surface area contributed by atoms with Crippen LogP contribution < -0.4 is 5.56 Å². The molecule has 4 heterocycles. The number of amides is 2. The fourth-order valence-corrected chi connectivity index (χ4v) is 6.70. The molecule has 0 unspecified atom stereocenters. The SMILES string of the molecule is CC(=O)N1CCc2c(sc3nc(SCC(=O)N4CCCC4)n(Cc4ccccc4)c(=O)c23)C1. The van der Waals surface area contributed by atoms with Crippen molar-refractivity contribution in [2.45, 2.75) is 44.4 Å². The maximum Gasteiger partial charge on any atom is 0.263 e. The maximum atomic E-state index is 13.7. The highest BCUT2D eigenvalue weighted by molar-refractivity contribution is 7.99. The number of thiophene rings is 1. The zero-order valence-electron chi connectivity index (χ0n) is 18.6. The molecule has 3 aromatic rings. The summed E-state index contributed by atoms with van der Waals surface area (Å²) in [5.41, 5.74) is 1.98. The number of likely N-dealkylation sites (tertiary alicyclic amines) is 1. The number of fused-ring (bicyclic) bond motifs is 3. The van der Waals surface area contributed by atoms with Gasteiger partial charge in [0.15, 0.2) is 5.16 Å². The Morgan fingerprint density at radius 1 is 1.09 bits per heavy atom. The predicted molar refractivity (Wildman–Crippen MR) is 131 cm³/mol. The van der Waals surface area contributed by atoms with Crippen molar-refractivity contribution in [1.29, 1.82) is 0 Å². The van der Waals surface area contributed by atoms with Gasteiger partial charge >= 0.3 is 0 Å². The van der Waals surface area contributed by atoms with E-state index >= 15 is 0 Å². The summed E-state index contributed by atoms with van der Waals surface area (Å²) in [7, 11) is 0. The van der Waals surface area contributed by atoms with Gasteiger partial charge in [0.05, 0.1) is 24.2 Å². The highest BCUT2D eigenvalue weighted by atomic mass is 32.2. The van der Waals surface area contributed by atoms with E-state index in [0.29, 0.717) is 41.4 Å². The van der Waals surface area contributed by atoms with Crippen LogP contribution in [0.3, 0.4) is 0 Å². The molecule has 0 saturated carbocycles. The fraction of sp³-hybridized carbons (Fsp3) is 0.417. The molecule has 2 aromatic heterocycles. The largest absolute Gasteiger partial charge is 0.342 e. The normalized spacial score (nSPS) is 15.8. The van der Waals surface area contributed by atoms with E-state index in [9.17, 15) is 14.4 Å². The lowest BCUT2D eigenvalue weighted by Gasteiger charge is -2.25. The van der Waals surface area contributed by atoms with Crippen LogP contribution >= 0.6 is 23.1 Å². The minimum Gasteiger partial charge on any atom is -0.342 e. The van der Waals surface area contributed by atoms with Crippen molar-refractivity contribution >= 4 is 45.1 Å². The molecule has 172 valence electrons. The molecule has 2 aliphatic heterocycles. The Hall–Kier alpha value is -2.65. The number of hydrogen-bond donors (Lipinski definition) is 0. The van der Waals surface area contributed by atoms with Crippen LogP contribution in [-0.2, 0) is 29.1 Å². The molecule has 1 fully saturated rings. The van der Waals surface area contributed by atoms with Crippen molar-refractivity contribution < 1.29 is 9.59 Å². The number of aromatic nitrogens is 2. The minimum absolute atomic E-state index is 0.0456. The highest BCUT2D eigenvalue weighted by Gasteiger charge is 2.27. The van der Waals surface area contributed by atoms with Crippen LogP contribution in [0.25, 0.3) is 10.2 Å². The van der Waals surface area contributed by atoms with Gasteiger partial charge in [-0.1, -0.05) is 42.1 Å². The van der Waals surface area contributed by atoms with Crippen LogP contribution in [0.15, 0.2) is 40.3 Å². The monoisotopic (exact) mass is 482 g/mol. The smallest absolute Gasteiger partial charge is 0.263 e. The molecule has 33 heavy (non-hydrogen) atoms. The molecule has 2 aliphatic rings. The zero-order valence-corrected chi connectivity index (χ0v) is 20.2. The topological polar surface area (TPSA) is 75.5 Å². The molecular formula is C24H26N4O3S2. The lowest BCUT2D eigenvalue weighted by Crippen LogP contribution is -2.34. The van der Waals surface area contributed by atoms with Crippen LogP contribution in [-0.4, -0.2) is 56.6 Å². The predicted octanol–water partition coefficient (Wildman–Crippen LogP) is 3.13. The summed E-state index contributed by atoms with van der Waals surface area (Å²) in [4.78, 5) is 48.6. The first-order valence-electron chi connectivity index (χ1n) is 11.3. The van der Waals surface area contributed by atoms with Gasteiger partial charge in [0.2, 0.25) is 11.8 Å². The van der Waals surface area contributed by atoms with E-state index in [-0.39, 0.29) is 23.1 Å². The molecule has 9 heteroatoms. The first kappa shape index (κ1) is 22.2. The van der Waals surface area contributed by atoms with Gasteiger partial charge in [-0.2, -0.15) is 0 Å². The van der Waals surface area contributed by atoms with Gasteiger partial charge in [0.1, 0.15) is 4.83 Å². The quantitative estimate of drug-likeness (QED) is 0.413. The van der Waals surface area contributed by atoms with E-state index < -0.39 is 0 Å². The standard InChI is InChI=1S/C24H26N4O3S2/c1-16(29)27-12-9-18-19(14-27)33-22-21(18)23(31)28(13-17-7-3-2-4-8-17)24(25-22)32-15-20(30)26-10-5-6-11-26/h2-4,7-8H,5-6,9-15H2,1H3. The number of carbonyl (C=O) groups is 2. The molecule has 0 spiro atoms. The molecule has 0 atom stereocenters. The van der Waals surface area contributed by atoms with Gasteiger partial charge in [-0.15, -0.1) is 11.3 Å².